The van der Waals surface area contributed by atoms with Crippen molar-refractivity contribution in [1.29, 1.82) is 0 Å². The van der Waals surface area contributed by atoms with E-state index in [-0.39, 0.29) is 12.5 Å². The molecule has 0 fully saturated rings. The van der Waals surface area contributed by atoms with Gasteiger partial charge in [0.1, 0.15) is 5.75 Å². The average molecular weight is 381 g/mol. The maximum atomic E-state index is 12.2. The summed E-state index contributed by atoms with van der Waals surface area (Å²) < 4.78 is 10.4. The van der Waals surface area contributed by atoms with E-state index in [2.05, 4.69) is 5.32 Å². The third-order valence-corrected chi connectivity index (χ3v) is 4.21. The Balaban J connectivity index is 1.88. The van der Waals surface area contributed by atoms with E-state index >= 15 is 0 Å². The van der Waals surface area contributed by atoms with Crippen molar-refractivity contribution >= 4 is 23.6 Å². The Kier molecular flexibility index (Phi) is 8.28. The molecule has 1 N–H and O–H groups in total. The minimum Gasteiger partial charge on any atom is -0.494 e. The summed E-state index contributed by atoms with van der Waals surface area (Å²) in [6.07, 6.45) is 4.57. The summed E-state index contributed by atoms with van der Waals surface area (Å²) in [6.45, 7) is 6.27. The summed E-state index contributed by atoms with van der Waals surface area (Å²) in [4.78, 5) is 24.1. The zero-order valence-corrected chi connectivity index (χ0v) is 16.7. The van der Waals surface area contributed by atoms with Crippen LogP contribution in [0, 0.1) is 0 Å². The fourth-order valence-electron chi connectivity index (χ4n) is 2.77. The lowest BCUT2D eigenvalue weighted by molar-refractivity contribution is -0.142. The number of esters is 1. The van der Waals surface area contributed by atoms with E-state index in [1.807, 2.05) is 63.2 Å². The predicted octanol–water partition coefficient (Wildman–Crippen LogP) is 4.41. The fraction of sp³-hybridized carbons (Fsp3) is 0.304. The molecule has 148 valence electrons. The summed E-state index contributed by atoms with van der Waals surface area (Å²) in [6, 6.07) is 13.3. The quantitative estimate of drug-likeness (QED) is 0.516. The van der Waals surface area contributed by atoms with Crippen molar-refractivity contribution in [1.82, 2.24) is 0 Å². The normalized spacial score (nSPS) is 10.7. The van der Waals surface area contributed by atoms with E-state index < -0.39 is 5.97 Å². The Morgan fingerprint density at radius 3 is 2.18 bits per heavy atom. The van der Waals surface area contributed by atoms with Crippen LogP contribution in [0.25, 0.3) is 6.08 Å². The SMILES string of the molecule is CCOc1ccc(/C=C/C(=O)OCC(=O)Nc2c(CC)cccc2CC)cc1. The van der Waals surface area contributed by atoms with Crippen LogP contribution >= 0.6 is 0 Å². The Bertz CT molecular complexity index is 803. The molecule has 0 heterocycles. The van der Waals surface area contributed by atoms with E-state index in [1.165, 1.54) is 6.08 Å². The van der Waals surface area contributed by atoms with Gasteiger partial charge in [-0.05, 0) is 54.7 Å². The van der Waals surface area contributed by atoms with Crippen molar-refractivity contribution in [3.63, 3.8) is 0 Å². The van der Waals surface area contributed by atoms with Crippen LogP contribution in [0.2, 0.25) is 0 Å². The van der Waals surface area contributed by atoms with E-state index in [0.717, 1.165) is 41.0 Å². The zero-order valence-electron chi connectivity index (χ0n) is 16.7. The summed E-state index contributed by atoms with van der Waals surface area (Å²) in [7, 11) is 0. The van der Waals surface area contributed by atoms with Gasteiger partial charge in [0.05, 0.1) is 6.61 Å². The molecule has 0 aromatic heterocycles. The second kappa shape index (κ2) is 10.9. The highest BCUT2D eigenvalue weighted by molar-refractivity contribution is 5.95. The monoisotopic (exact) mass is 381 g/mol. The van der Waals surface area contributed by atoms with Gasteiger partial charge < -0.3 is 14.8 Å². The summed E-state index contributed by atoms with van der Waals surface area (Å²) in [5.74, 6) is -0.139. The molecule has 2 aromatic rings. The molecule has 28 heavy (non-hydrogen) atoms. The van der Waals surface area contributed by atoms with Crippen molar-refractivity contribution in [3.05, 3.63) is 65.2 Å². The van der Waals surface area contributed by atoms with Gasteiger partial charge in [-0.1, -0.05) is 44.2 Å². The molecule has 0 radical (unpaired) electrons. The van der Waals surface area contributed by atoms with Crippen LogP contribution in [-0.2, 0) is 27.2 Å². The average Bonchev–Trinajstić information content (AvgIpc) is 2.72. The number of aryl methyl sites for hydroxylation is 2. The van der Waals surface area contributed by atoms with Crippen molar-refractivity contribution in [3.8, 4) is 5.75 Å². The van der Waals surface area contributed by atoms with Crippen molar-refractivity contribution in [2.24, 2.45) is 0 Å². The molecule has 0 saturated carbocycles. The van der Waals surface area contributed by atoms with Gasteiger partial charge in [-0.25, -0.2) is 4.79 Å². The molecule has 2 aromatic carbocycles. The fourth-order valence-corrected chi connectivity index (χ4v) is 2.77. The molecular weight excluding hydrogens is 354 g/mol. The maximum absolute atomic E-state index is 12.2. The van der Waals surface area contributed by atoms with Crippen LogP contribution in [-0.4, -0.2) is 25.1 Å². The Morgan fingerprint density at radius 2 is 1.61 bits per heavy atom. The minimum atomic E-state index is -0.566. The number of hydrogen-bond donors (Lipinski definition) is 1. The third kappa shape index (κ3) is 6.27. The van der Waals surface area contributed by atoms with E-state index in [4.69, 9.17) is 9.47 Å². The number of para-hydroxylation sites is 1. The van der Waals surface area contributed by atoms with Gasteiger partial charge in [0, 0.05) is 11.8 Å². The first-order valence-electron chi connectivity index (χ1n) is 9.55. The second-order valence-corrected chi connectivity index (χ2v) is 6.15. The molecule has 0 bridgehead atoms. The number of nitrogens with one attached hydrogen (secondary N) is 1. The molecule has 0 aliphatic rings. The first-order valence-corrected chi connectivity index (χ1v) is 9.55. The van der Waals surface area contributed by atoms with Crippen LogP contribution in [0.15, 0.2) is 48.5 Å². The number of benzene rings is 2. The molecule has 0 aliphatic heterocycles. The number of anilines is 1. The zero-order chi connectivity index (χ0) is 20.4. The Morgan fingerprint density at radius 1 is 0.964 bits per heavy atom. The Labute approximate surface area is 166 Å². The van der Waals surface area contributed by atoms with Crippen LogP contribution < -0.4 is 10.1 Å². The van der Waals surface area contributed by atoms with Gasteiger partial charge in [0.2, 0.25) is 0 Å². The van der Waals surface area contributed by atoms with Gasteiger partial charge in [0.15, 0.2) is 6.61 Å². The number of amides is 1. The standard InChI is InChI=1S/C23H27NO4/c1-4-18-8-7-9-19(5-2)23(18)24-21(25)16-28-22(26)15-12-17-10-13-20(14-11-17)27-6-3/h7-15H,4-6,16H2,1-3H3,(H,24,25)/b15-12+. The van der Waals surface area contributed by atoms with Crippen molar-refractivity contribution in [2.45, 2.75) is 33.6 Å². The van der Waals surface area contributed by atoms with Gasteiger partial charge in [-0.15, -0.1) is 0 Å². The molecule has 0 spiro atoms. The second-order valence-electron chi connectivity index (χ2n) is 6.15. The van der Waals surface area contributed by atoms with E-state index in [9.17, 15) is 9.59 Å². The lowest BCUT2D eigenvalue weighted by Gasteiger charge is -2.14. The smallest absolute Gasteiger partial charge is 0.331 e. The number of carbonyl (C=O) groups excluding carboxylic acids is 2. The summed E-state index contributed by atoms with van der Waals surface area (Å²) >= 11 is 0. The number of rotatable bonds is 9. The van der Waals surface area contributed by atoms with Crippen LogP contribution in [0.5, 0.6) is 5.75 Å². The van der Waals surface area contributed by atoms with Crippen LogP contribution in [0.4, 0.5) is 5.69 Å². The topological polar surface area (TPSA) is 64.6 Å². The van der Waals surface area contributed by atoms with E-state index in [1.54, 1.807) is 6.08 Å². The molecule has 0 unspecified atom stereocenters. The maximum Gasteiger partial charge on any atom is 0.331 e. The number of carbonyl (C=O) groups is 2. The summed E-state index contributed by atoms with van der Waals surface area (Å²) in [5.41, 5.74) is 3.79. The molecule has 0 saturated heterocycles. The van der Waals surface area contributed by atoms with Gasteiger partial charge >= 0.3 is 5.97 Å². The molecule has 5 nitrogen and oxygen atoms in total. The van der Waals surface area contributed by atoms with Crippen LogP contribution in [0.3, 0.4) is 0 Å². The van der Waals surface area contributed by atoms with Crippen LogP contribution in [0.1, 0.15) is 37.5 Å². The minimum absolute atomic E-state index is 0.326. The third-order valence-electron chi connectivity index (χ3n) is 4.21. The molecule has 1 amide bonds. The predicted molar refractivity (Wildman–Crippen MR) is 111 cm³/mol. The first kappa shape index (κ1) is 21.2. The molecule has 0 atom stereocenters. The highest BCUT2D eigenvalue weighted by Gasteiger charge is 2.11. The van der Waals surface area contributed by atoms with Gasteiger partial charge in [-0.2, -0.15) is 0 Å². The lowest BCUT2D eigenvalue weighted by Crippen LogP contribution is -2.21. The van der Waals surface area contributed by atoms with Gasteiger partial charge in [0.25, 0.3) is 5.91 Å². The lowest BCUT2D eigenvalue weighted by atomic mass is 10.0. The molecule has 2 rings (SSSR count). The molecule has 5 heteroatoms. The molecular formula is C23H27NO4. The highest BCUT2D eigenvalue weighted by Crippen LogP contribution is 2.22. The molecule has 0 aliphatic carbocycles. The number of ether oxygens (including phenoxy) is 2. The van der Waals surface area contributed by atoms with Crippen molar-refractivity contribution in [2.75, 3.05) is 18.5 Å². The van der Waals surface area contributed by atoms with E-state index in [0.29, 0.717) is 6.61 Å². The summed E-state index contributed by atoms with van der Waals surface area (Å²) in [5, 5.41) is 2.87. The van der Waals surface area contributed by atoms with Gasteiger partial charge in [-0.3, -0.25) is 4.79 Å². The largest absolute Gasteiger partial charge is 0.494 e. The highest BCUT2D eigenvalue weighted by atomic mass is 16.5. The first-order chi connectivity index (χ1) is 13.6. The van der Waals surface area contributed by atoms with Crippen molar-refractivity contribution < 1.29 is 19.1 Å². The Hall–Kier alpha value is -3.08. The number of hydrogen-bond acceptors (Lipinski definition) is 4.